The Hall–Kier alpha value is -1.69. The number of amides is 1. The number of likely N-dealkylation sites (tertiary alicyclic amines) is 2. The Kier molecular flexibility index (Phi) is 6.91. The molecule has 0 aromatic heterocycles. The molecule has 2 aromatic rings. The second-order valence-corrected chi connectivity index (χ2v) is 9.68. The van der Waals surface area contributed by atoms with Crippen LogP contribution in [0.1, 0.15) is 42.9 Å². The average molecular weight is 470 g/mol. The Morgan fingerprint density at radius 2 is 1.67 bits per heavy atom. The second kappa shape index (κ2) is 9.63. The standard InChI is InChI=1S/C25H32BrN3O/c1-27-23(21-5-3-2-4-6-21)11-15-28-16-12-25(13-17-28)14-18-29(24(25)30)19-20-7-9-22(26)10-8-20/h2-10,23,27H,11-19H2,1H3. The summed E-state index contributed by atoms with van der Waals surface area (Å²) in [5.41, 5.74) is 2.44. The van der Waals surface area contributed by atoms with Crippen molar-refractivity contribution >= 4 is 21.8 Å². The third kappa shape index (κ3) is 4.79. The minimum Gasteiger partial charge on any atom is -0.338 e. The second-order valence-electron chi connectivity index (χ2n) is 8.77. The summed E-state index contributed by atoms with van der Waals surface area (Å²) in [6, 6.07) is 19.4. The van der Waals surface area contributed by atoms with E-state index in [1.165, 1.54) is 11.1 Å². The first-order chi connectivity index (χ1) is 14.6. The molecule has 0 radical (unpaired) electrons. The van der Waals surface area contributed by atoms with E-state index in [0.29, 0.717) is 11.9 Å². The molecular weight excluding hydrogens is 438 g/mol. The summed E-state index contributed by atoms with van der Waals surface area (Å²) >= 11 is 3.48. The molecule has 4 nitrogen and oxygen atoms in total. The molecule has 0 bridgehead atoms. The van der Waals surface area contributed by atoms with Crippen LogP contribution in [0, 0.1) is 5.41 Å². The number of carbonyl (C=O) groups is 1. The molecule has 30 heavy (non-hydrogen) atoms. The Labute approximate surface area is 188 Å². The molecule has 1 atom stereocenters. The van der Waals surface area contributed by atoms with Gasteiger partial charge in [0.1, 0.15) is 0 Å². The van der Waals surface area contributed by atoms with Gasteiger partial charge in [0.2, 0.25) is 5.91 Å². The maximum Gasteiger partial charge on any atom is 0.229 e. The van der Waals surface area contributed by atoms with E-state index in [0.717, 1.165) is 62.9 Å². The summed E-state index contributed by atoms with van der Waals surface area (Å²) in [6.07, 6.45) is 4.10. The summed E-state index contributed by atoms with van der Waals surface area (Å²) in [4.78, 5) is 17.9. The fourth-order valence-electron chi connectivity index (χ4n) is 5.00. The number of nitrogens with zero attached hydrogens (tertiary/aromatic N) is 2. The number of rotatable bonds is 7. The highest BCUT2D eigenvalue weighted by atomic mass is 79.9. The van der Waals surface area contributed by atoms with Crippen molar-refractivity contribution < 1.29 is 4.79 Å². The lowest BCUT2D eigenvalue weighted by atomic mass is 9.77. The van der Waals surface area contributed by atoms with Crippen LogP contribution in [0.4, 0.5) is 0 Å². The smallest absolute Gasteiger partial charge is 0.229 e. The van der Waals surface area contributed by atoms with Gasteiger partial charge in [0.15, 0.2) is 0 Å². The van der Waals surface area contributed by atoms with Crippen LogP contribution in [0.25, 0.3) is 0 Å². The molecule has 1 unspecified atom stereocenters. The molecule has 2 aliphatic rings. The fraction of sp³-hybridized carbons (Fsp3) is 0.480. The number of benzene rings is 2. The van der Waals surface area contributed by atoms with Gasteiger partial charge in [-0.3, -0.25) is 4.79 Å². The van der Waals surface area contributed by atoms with Crippen LogP contribution in [-0.4, -0.2) is 48.9 Å². The van der Waals surface area contributed by atoms with Crippen LogP contribution in [0.15, 0.2) is 59.1 Å². The van der Waals surface area contributed by atoms with E-state index >= 15 is 0 Å². The highest BCUT2D eigenvalue weighted by molar-refractivity contribution is 9.10. The minimum atomic E-state index is -0.117. The third-order valence-electron chi connectivity index (χ3n) is 6.99. The van der Waals surface area contributed by atoms with Gasteiger partial charge in [0.25, 0.3) is 0 Å². The number of carbonyl (C=O) groups excluding carboxylic acids is 1. The summed E-state index contributed by atoms with van der Waals surface area (Å²) in [6.45, 7) is 4.77. The minimum absolute atomic E-state index is 0.117. The molecule has 0 saturated carbocycles. The van der Waals surface area contributed by atoms with Gasteiger partial charge in [0.05, 0.1) is 5.41 Å². The van der Waals surface area contributed by atoms with Crippen LogP contribution in [-0.2, 0) is 11.3 Å². The molecule has 2 aromatic carbocycles. The molecule has 1 spiro atoms. The van der Waals surface area contributed by atoms with Gasteiger partial charge in [0, 0.05) is 23.6 Å². The molecule has 2 fully saturated rings. The van der Waals surface area contributed by atoms with Gasteiger partial charge >= 0.3 is 0 Å². The lowest BCUT2D eigenvalue weighted by Gasteiger charge is -2.38. The van der Waals surface area contributed by atoms with E-state index in [9.17, 15) is 4.79 Å². The van der Waals surface area contributed by atoms with Crippen molar-refractivity contribution in [1.82, 2.24) is 15.1 Å². The zero-order valence-corrected chi connectivity index (χ0v) is 19.4. The van der Waals surface area contributed by atoms with E-state index in [2.05, 4.69) is 85.6 Å². The van der Waals surface area contributed by atoms with E-state index < -0.39 is 0 Å². The first kappa shape index (κ1) is 21.5. The van der Waals surface area contributed by atoms with E-state index in [4.69, 9.17) is 0 Å². The molecular formula is C25H32BrN3O. The summed E-state index contributed by atoms with van der Waals surface area (Å²) < 4.78 is 1.08. The molecule has 2 saturated heterocycles. The molecule has 2 heterocycles. The largest absolute Gasteiger partial charge is 0.338 e. The number of hydrogen-bond acceptors (Lipinski definition) is 3. The number of piperidine rings is 1. The van der Waals surface area contributed by atoms with Gasteiger partial charge in [-0.1, -0.05) is 58.4 Å². The first-order valence-electron chi connectivity index (χ1n) is 11.1. The molecule has 1 N–H and O–H groups in total. The highest BCUT2D eigenvalue weighted by Gasteiger charge is 2.47. The van der Waals surface area contributed by atoms with Crippen LogP contribution in [0.2, 0.25) is 0 Å². The molecule has 160 valence electrons. The first-order valence-corrected chi connectivity index (χ1v) is 11.9. The van der Waals surface area contributed by atoms with Crippen LogP contribution in [0.3, 0.4) is 0 Å². The quantitative estimate of drug-likeness (QED) is 0.642. The van der Waals surface area contributed by atoms with Crippen molar-refractivity contribution in [2.24, 2.45) is 5.41 Å². The van der Waals surface area contributed by atoms with Crippen molar-refractivity contribution in [2.45, 2.75) is 38.3 Å². The van der Waals surface area contributed by atoms with Crippen molar-refractivity contribution in [3.8, 4) is 0 Å². The third-order valence-corrected chi connectivity index (χ3v) is 7.51. The van der Waals surface area contributed by atoms with E-state index in [1.807, 2.05) is 7.05 Å². The Balaban J connectivity index is 1.28. The zero-order valence-electron chi connectivity index (χ0n) is 17.8. The van der Waals surface area contributed by atoms with Gasteiger partial charge < -0.3 is 15.1 Å². The molecule has 1 amide bonds. The predicted molar refractivity (Wildman–Crippen MR) is 125 cm³/mol. The average Bonchev–Trinajstić information content (AvgIpc) is 3.07. The maximum absolute atomic E-state index is 13.2. The Morgan fingerprint density at radius 3 is 2.33 bits per heavy atom. The summed E-state index contributed by atoms with van der Waals surface area (Å²) in [5, 5.41) is 3.46. The molecule has 2 aliphatic heterocycles. The lowest BCUT2D eigenvalue weighted by Crippen LogP contribution is -2.45. The fourth-order valence-corrected chi connectivity index (χ4v) is 5.26. The lowest BCUT2D eigenvalue weighted by molar-refractivity contribution is -0.138. The normalized spacial score (nSPS) is 20.1. The van der Waals surface area contributed by atoms with Crippen molar-refractivity contribution in [3.63, 3.8) is 0 Å². The summed E-state index contributed by atoms with van der Waals surface area (Å²) in [7, 11) is 2.04. The number of hydrogen-bond donors (Lipinski definition) is 1. The van der Waals surface area contributed by atoms with Gasteiger partial charge in [-0.25, -0.2) is 0 Å². The Bertz CT molecular complexity index is 831. The topological polar surface area (TPSA) is 35.6 Å². The maximum atomic E-state index is 13.2. The monoisotopic (exact) mass is 469 g/mol. The molecule has 5 heteroatoms. The number of nitrogens with one attached hydrogen (secondary N) is 1. The highest BCUT2D eigenvalue weighted by Crippen LogP contribution is 2.42. The summed E-state index contributed by atoms with van der Waals surface area (Å²) in [5.74, 6) is 0.377. The zero-order chi connectivity index (χ0) is 21.0. The van der Waals surface area contributed by atoms with Crippen molar-refractivity contribution in [1.29, 1.82) is 0 Å². The van der Waals surface area contributed by atoms with Crippen LogP contribution >= 0.6 is 15.9 Å². The van der Waals surface area contributed by atoms with Gasteiger partial charge in [-0.2, -0.15) is 0 Å². The van der Waals surface area contributed by atoms with Crippen LogP contribution in [0.5, 0.6) is 0 Å². The van der Waals surface area contributed by atoms with Crippen molar-refractivity contribution in [2.75, 3.05) is 33.2 Å². The Morgan fingerprint density at radius 1 is 1.00 bits per heavy atom. The SMILES string of the molecule is CNC(CCN1CCC2(CC1)CCN(Cc1ccc(Br)cc1)C2=O)c1ccccc1. The van der Waals surface area contributed by atoms with Crippen LogP contribution < -0.4 is 5.32 Å². The molecule has 0 aliphatic carbocycles. The van der Waals surface area contributed by atoms with Gasteiger partial charge in [-0.15, -0.1) is 0 Å². The van der Waals surface area contributed by atoms with E-state index in [-0.39, 0.29) is 5.41 Å². The van der Waals surface area contributed by atoms with Gasteiger partial charge in [-0.05, 0) is 75.6 Å². The molecule has 4 rings (SSSR count). The predicted octanol–water partition coefficient (Wildman–Crippen LogP) is 4.61. The van der Waals surface area contributed by atoms with Crippen molar-refractivity contribution in [3.05, 3.63) is 70.2 Å². The van der Waals surface area contributed by atoms with E-state index in [1.54, 1.807) is 0 Å². The number of halogens is 1.